The Kier molecular flexibility index (Phi) is 3.40. The lowest BCUT2D eigenvalue weighted by molar-refractivity contribution is 0.760. The molecule has 2 nitrogen and oxygen atoms in total. The largest absolute Gasteiger partial charge is 0.323 e. The molecule has 2 heteroatoms. The molecule has 0 radical (unpaired) electrons. The van der Waals surface area contributed by atoms with E-state index in [0.717, 1.165) is 17.8 Å². The van der Waals surface area contributed by atoms with Gasteiger partial charge in [-0.05, 0) is 12.1 Å². The first-order chi connectivity index (χ1) is 7.90. The molecule has 2 aromatic rings. The monoisotopic (exact) mass is 210 g/mol. The number of imidazole rings is 1. The maximum atomic E-state index is 4.26. The molecule has 0 aliphatic heterocycles. The zero-order valence-electron chi connectivity index (χ0n) is 9.35. The fourth-order valence-electron chi connectivity index (χ4n) is 1.55. The zero-order chi connectivity index (χ0) is 11.2. The third-order valence-corrected chi connectivity index (χ3v) is 2.37. The van der Waals surface area contributed by atoms with Crippen LogP contribution in [0.3, 0.4) is 0 Å². The van der Waals surface area contributed by atoms with Crippen LogP contribution in [0.4, 0.5) is 0 Å². The summed E-state index contributed by atoms with van der Waals surface area (Å²) in [5.74, 6) is 7.37. The molecule has 16 heavy (non-hydrogen) atoms. The molecule has 0 bridgehead atoms. The van der Waals surface area contributed by atoms with Crippen molar-refractivity contribution in [2.45, 2.75) is 19.9 Å². The highest BCUT2D eigenvalue weighted by Gasteiger charge is 1.96. The normalized spacial score (nSPS) is 9.56. The van der Waals surface area contributed by atoms with Crippen LogP contribution in [-0.2, 0) is 13.0 Å². The average molecular weight is 210 g/mol. The van der Waals surface area contributed by atoms with Gasteiger partial charge >= 0.3 is 0 Å². The quantitative estimate of drug-likeness (QED) is 0.696. The van der Waals surface area contributed by atoms with Gasteiger partial charge in [0.2, 0.25) is 0 Å². The highest BCUT2D eigenvalue weighted by Crippen LogP contribution is 1.98. The first-order valence-corrected chi connectivity index (χ1v) is 5.44. The predicted molar refractivity (Wildman–Crippen MR) is 64.9 cm³/mol. The summed E-state index contributed by atoms with van der Waals surface area (Å²) in [5, 5.41) is 0. The molecule has 0 saturated heterocycles. The van der Waals surface area contributed by atoms with Gasteiger partial charge in [-0.25, -0.2) is 4.98 Å². The molecule has 0 N–H and O–H groups in total. The maximum Gasteiger partial charge on any atom is 0.109 e. The summed E-state index contributed by atoms with van der Waals surface area (Å²) in [6.07, 6.45) is 4.74. The summed E-state index contributed by atoms with van der Waals surface area (Å²) in [5.41, 5.74) is 1.06. The molecule has 0 saturated carbocycles. The van der Waals surface area contributed by atoms with E-state index in [2.05, 4.69) is 28.3 Å². The molecule has 0 spiro atoms. The van der Waals surface area contributed by atoms with Gasteiger partial charge in [-0.3, -0.25) is 0 Å². The second-order valence-corrected chi connectivity index (χ2v) is 3.49. The lowest BCUT2D eigenvalue weighted by atomic mass is 10.2. The van der Waals surface area contributed by atoms with E-state index in [-0.39, 0.29) is 0 Å². The molecule has 2 rings (SSSR count). The van der Waals surface area contributed by atoms with E-state index in [1.807, 2.05) is 42.7 Å². The van der Waals surface area contributed by atoms with Crippen molar-refractivity contribution in [3.63, 3.8) is 0 Å². The summed E-state index contributed by atoms with van der Waals surface area (Å²) < 4.78 is 2.08. The third kappa shape index (κ3) is 2.52. The SMILES string of the molecule is CCc1nccn1CC#Cc1ccccc1. The second kappa shape index (κ2) is 5.18. The minimum absolute atomic E-state index is 0.706. The summed E-state index contributed by atoms with van der Waals surface area (Å²) in [6, 6.07) is 10.0. The zero-order valence-corrected chi connectivity index (χ0v) is 9.35. The summed E-state index contributed by atoms with van der Waals surface area (Å²) in [6.45, 7) is 2.81. The molecular weight excluding hydrogens is 196 g/mol. The molecule has 0 aliphatic carbocycles. The molecule has 0 aliphatic rings. The molecule has 0 unspecified atom stereocenters. The minimum Gasteiger partial charge on any atom is -0.323 e. The molecule has 0 fully saturated rings. The van der Waals surface area contributed by atoms with E-state index in [1.54, 1.807) is 0 Å². The van der Waals surface area contributed by atoms with Crippen molar-refractivity contribution < 1.29 is 0 Å². The van der Waals surface area contributed by atoms with Gasteiger partial charge in [-0.2, -0.15) is 0 Å². The Morgan fingerprint density at radius 2 is 2.06 bits per heavy atom. The summed E-state index contributed by atoms with van der Waals surface area (Å²) in [7, 11) is 0. The maximum absolute atomic E-state index is 4.26. The third-order valence-electron chi connectivity index (χ3n) is 2.37. The van der Waals surface area contributed by atoms with Gasteiger partial charge < -0.3 is 4.57 Å². The molecule has 1 aromatic heterocycles. The highest BCUT2D eigenvalue weighted by molar-refractivity contribution is 5.33. The minimum atomic E-state index is 0.706. The van der Waals surface area contributed by atoms with Gasteiger partial charge in [0.25, 0.3) is 0 Å². The van der Waals surface area contributed by atoms with Crippen LogP contribution in [0, 0.1) is 11.8 Å². The van der Waals surface area contributed by atoms with Crippen LogP contribution in [-0.4, -0.2) is 9.55 Å². The van der Waals surface area contributed by atoms with Crippen LogP contribution >= 0.6 is 0 Å². The standard InChI is InChI=1S/C14H14N2/c1-2-14-15-10-12-16(14)11-6-9-13-7-4-3-5-8-13/h3-5,7-8,10,12H,2,11H2,1H3. The summed E-state index contributed by atoms with van der Waals surface area (Å²) >= 11 is 0. The average Bonchev–Trinajstić information content (AvgIpc) is 2.78. The fraction of sp³-hybridized carbons (Fsp3) is 0.214. The van der Waals surface area contributed by atoms with Gasteiger partial charge in [0.1, 0.15) is 5.82 Å². The number of hydrogen-bond donors (Lipinski definition) is 0. The van der Waals surface area contributed by atoms with Crippen molar-refractivity contribution in [3.8, 4) is 11.8 Å². The van der Waals surface area contributed by atoms with Crippen LogP contribution in [0.15, 0.2) is 42.7 Å². The lowest BCUT2D eigenvalue weighted by Crippen LogP contribution is -1.99. The van der Waals surface area contributed by atoms with E-state index in [4.69, 9.17) is 0 Å². The number of aryl methyl sites for hydroxylation is 1. The van der Waals surface area contributed by atoms with Crippen LogP contribution in [0.1, 0.15) is 18.3 Å². The number of hydrogen-bond acceptors (Lipinski definition) is 1. The second-order valence-electron chi connectivity index (χ2n) is 3.49. The smallest absolute Gasteiger partial charge is 0.109 e. The Hall–Kier alpha value is -2.01. The van der Waals surface area contributed by atoms with Crippen molar-refractivity contribution in [1.29, 1.82) is 0 Å². The lowest BCUT2D eigenvalue weighted by Gasteiger charge is -1.99. The van der Waals surface area contributed by atoms with Crippen LogP contribution in [0.2, 0.25) is 0 Å². The number of rotatable bonds is 2. The first-order valence-electron chi connectivity index (χ1n) is 5.44. The number of aromatic nitrogens is 2. The predicted octanol–water partition coefficient (Wildman–Crippen LogP) is 2.50. The van der Waals surface area contributed by atoms with E-state index < -0.39 is 0 Å². The molecule has 0 atom stereocenters. The highest BCUT2D eigenvalue weighted by atomic mass is 15.0. The Balaban J connectivity index is 2.06. The van der Waals surface area contributed by atoms with Crippen LogP contribution < -0.4 is 0 Å². The van der Waals surface area contributed by atoms with Gasteiger partial charge in [-0.15, -0.1) is 0 Å². The fourth-order valence-corrected chi connectivity index (χ4v) is 1.55. The van der Waals surface area contributed by atoms with Crippen molar-refractivity contribution >= 4 is 0 Å². The van der Waals surface area contributed by atoms with Gasteiger partial charge in [0.05, 0.1) is 6.54 Å². The van der Waals surface area contributed by atoms with Gasteiger partial charge in [0, 0.05) is 24.4 Å². The molecule has 1 aromatic carbocycles. The van der Waals surface area contributed by atoms with Gasteiger partial charge in [0.15, 0.2) is 0 Å². The first kappa shape index (κ1) is 10.5. The van der Waals surface area contributed by atoms with Crippen molar-refractivity contribution in [1.82, 2.24) is 9.55 Å². The number of benzene rings is 1. The van der Waals surface area contributed by atoms with Crippen molar-refractivity contribution in [2.24, 2.45) is 0 Å². The Bertz CT molecular complexity index is 500. The van der Waals surface area contributed by atoms with Crippen LogP contribution in [0.5, 0.6) is 0 Å². The number of nitrogens with zero attached hydrogens (tertiary/aromatic N) is 2. The summed E-state index contributed by atoms with van der Waals surface area (Å²) in [4.78, 5) is 4.26. The van der Waals surface area contributed by atoms with E-state index >= 15 is 0 Å². The molecule has 1 heterocycles. The van der Waals surface area contributed by atoms with Crippen molar-refractivity contribution in [3.05, 3.63) is 54.1 Å². The Labute approximate surface area is 96.0 Å². The van der Waals surface area contributed by atoms with Crippen LogP contribution in [0.25, 0.3) is 0 Å². The van der Waals surface area contributed by atoms with E-state index in [1.165, 1.54) is 0 Å². The molecule has 80 valence electrons. The van der Waals surface area contributed by atoms with E-state index in [9.17, 15) is 0 Å². The Morgan fingerprint density at radius 3 is 2.81 bits per heavy atom. The van der Waals surface area contributed by atoms with Crippen molar-refractivity contribution in [2.75, 3.05) is 0 Å². The van der Waals surface area contributed by atoms with Gasteiger partial charge in [-0.1, -0.05) is 37.0 Å². The van der Waals surface area contributed by atoms with E-state index in [0.29, 0.717) is 6.54 Å². The molecule has 0 amide bonds. The Morgan fingerprint density at radius 1 is 1.25 bits per heavy atom. The topological polar surface area (TPSA) is 17.8 Å². The molecular formula is C14H14N2.